The van der Waals surface area contributed by atoms with Crippen molar-refractivity contribution < 1.29 is 14.6 Å². The molecule has 2 N–H and O–H groups in total. The van der Waals surface area contributed by atoms with E-state index in [1.165, 1.54) is 0 Å². The molecule has 3 aromatic rings. The number of ether oxygens (including phenoxy) is 1. The first-order chi connectivity index (χ1) is 15.5. The number of likely N-dealkylation sites (tertiary alicyclic amines) is 1. The van der Waals surface area contributed by atoms with Gasteiger partial charge in [0.1, 0.15) is 17.5 Å². The maximum Gasteiger partial charge on any atom is 0.270 e. The number of hydrogen-bond acceptors (Lipinski definition) is 6. The van der Waals surface area contributed by atoms with Crippen LogP contribution < -0.4 is 10.1 Å². The highest BCUT2D eigenvalue weighted by Crippen LogP contribution is 2.28. The molecule has 0 radical (unpaired) electrons. The standard InChI is InChI=1S/C23H24Cl2N4O3/c24-19-5-4-18(12-20(19)25)32-17-7-10-29(11-8-17)14-16(30)13-27-23(31)21-6-3-15-2-1-9-26-22(15)28-21/h1-6,9,12,16-17,30H,7-8,10-11,13-14H2,(H,27,31). The second kappa shape index (κ2) is 10.4. The van der Waals surface area contributed by atoms with Gasteiger partial charge in [0.05, 0.1) is 16.1 Å². The fourth-order valence-electron chi connectivity index (χ4n) is 3.70. The number of benzene rings is 1. The van der Waals surface area contributed by atoms with Crippen molar-refractivity contribution in [2.75, 3.05) is 26.2 Å². The predicted molar refractivity (Wildman–Crippen MR) is 124 cm³/mol. The summed E-state index contributed by atoms with van der Waals surface area (Å²) in [5.74, 6) is 0.378. The van der Waals surface area contributed by atoms with Crippen LogP contribution in [0.2, 0.25) is 10.0 Å². The number of hydrogen-bond donors (Lipinski definition) is 2. The summed E-state index contributed by atoms with van der Waals surface area (Å²) >= 11 is 12.0. The Kier molecular flexibility index (Phi) is 7.42. The minimum Gasteiger partial charge on any atom is -0.490 e. The molecule has 7 nitrogen and oxygen atoms in total. The number of pyridine rings is 2. The molecule has 9 heteroatoms. The number of rotatable bonds is 7. The molecular formula is C23H24Cl2N4O3. The zero-order valence-corrected chi connectivity index (χ0v) is 18.9. The average Bonchev–Trinajstić information content (AvgIpc) is 2.81. The lowest BCUT2D eigenvalue weighted by Gasteiger charge is -2.33. The van der Waals surface area contributed by atoms with Gasteiger partial charge in [-0.15, -0.1) is 0 Å². The average molecular weight is 475 g/mol. The topological polar surface area (TPSA) is 87.6 Å². The highest BCUT2D eigenvalue weighted by atomic mass is 35.5. The van der Waals surface area contributed by atoms with Crippen LogP contribution in [0.4, 0.5) is 0 Å². The Morgan fingerprint density at radius 1 is 1.19 bits per heavy atom. The smallest absolute Gasteiger partial charge is 0.270 e. The van der Waals surface area contributed by atoms with Gasteiger partial charge < -0.3 is 20.1 Å². The summed E-state index contributed by atoms with van der Waals surface area (Å²) < 4.78 is 6.00. The molecule has 1 aliphatic rings. The first kappa shape index (κ1) is 22.7. The zero-order chi connectivity index (χ0) is 22.5. The highest BCUT2D eigenvalue weighted by molar-refractivity contribution is 6.42. The van der Waals surface area contributed by atoms with Gasteiger partial charge in [-0.2, -0.15) is 0 Å². The summed E-state index contributed by atoms with van der Waals surface area (Å²) in [5, 5.41) is 15.0. The van der Waals surface area contributed by atoms with Gasteiger partial charge >= 0.3 is 0 Å². The Labute approximate surface area is 196 Å². The lowest BCUT2D eigenvalue weighted by Crippen LogP contribution is -2.45. The number of aliphatic hydroxyl groups excluding tert-OH is 1. The van der Waals surface area contributed by atoms with E-state index in [2.05, 4.69) is 20.2 Å². The van der Waals surface area contributed by atoms with Crippen molar-refractivity contribution in [1.29, 1.82) is 0 Å². The van der Waals surface area contributed by atoms with Gasteiger partial charge in [0.15, 0.2) is 5.65 Å². The molecule has 1 fully saturated rings. The van der Waals surface area contributed by atoms with Crippen LogP contribution in [0.25, 0.3) is 11.0 Å². The number of piperidine rings is 1. The van der Waals surface area contributed by atoms with Crippen molar-refractivity contribution in [3.05, 3.63) is 64.4 Å². The lowest BCUT2D eigenvalue weighted by atomic mass is 10.1. The summed E-state index contributed by atoms with van der Waals surface area (Å²) in [6.07, 6.45) is 2.73. The summed E-state index contributed by atoms with van der Waals surface area (Å²) in [7, 11) is 0. The molecule has 1 saturated heterocycles. The summed E-state index contributed by atoms with van der Waals surface area (Å²) in [4.78, 5) is 23.0. The minimum atomic E-state index is -0.676. The van der Waals surface area contributed by atoms with Gasteiger partial charge in [-0.3, -0.25) is 4.79 Å². The first-order valence-corrected chi connectivity index (χ1v) is 11.3. The molecule has 3 heterocycles. The number of carbonyl (C=O) groups is 1. The number of β-amino-alcohol motifs (C(OH)–C–C–N with tert-alkyl or cyclic N) is 1. The van der Waals surface area contributed by atoms with Crippen LogP contribution in [-0.2, 0) is 0 Å². The summed E-state index contributed by atoms with van der Waals surface area (Å²) in [5.41, 5.74) is 0.801. The summed E-state index contributed by atoms with van der Waals surface area (Å²) in [6.45, 7) is 2.23. The molecule has 1 aromatic carbocycles. The quantitative estimate of drug-likeness (QED) is 0.544. The van der Waals surface area contributed by atoms with Crippen LogP contribution in [-0.4, -0.2) is 64.3 Å². The molecular weight excluding hydrogens is 451 g/mol. The number of nitrogens with one attached hydrogen (secondary N) is 1. The number of halogens is 2. The SMILES string of the molecule is O=C(NCC(O)CN1CCC(Oc2ccc(Cl)c(Cl)c2)CC1)c1ccc2cccnc2n1. The number of aliphatic hydroxyl groups is 1. The Hall–Kier alpha value is -2.45. The Balaban J connectivity index is 1.20. The van der Waals surface area contributed by atoms with E-state index in [4.69, 9.17) is 27.9 Å². The van der Waals surface area contributed by atoms with E-state index in [1.54, 1.807) is 24.4 Å². The third kappa shape index (κ3) is 5.86. The van der Waals surface area contributed by atoms with Crippen molar-refractivity contribution >= 4 is 40.1 Å². The van der Waals surface area contributed by atoms with Crippen LogP contribution in [0.3, 0.4) is 0 Å². The van der Waals surface area contributed by atoms with Gasteiger partial charge in [-0.05, 0) is 49.2 Å². The molecule has 1 amide bonds. The third-order valence-corrected chi connectivity index (χ3v) is 6.13. The van der Waals surface area contributed by atoms with E-state index in [1.807, 2.05) is 24.3 Å². The summed E-state index contributed by atoms with van der Waals surface area (Å²) in [6, 6.07) is 12.4. The molecule has 0 spiro atoms. The maximum absolute atomic E-state index is 12.4. The molecule has 1 unspecified atom stereocenters. The molecule has 0 bridgehead atoms. The first-order valence-electron chi connectivity index (χ1n) is 10.5. The van der Waals surface area contributed by atoms with Crippen molar-refractivity contribution in [2.45, 2.75) is 25.0 Å². The normalized spacial score (nSPS) is 16.1. The van der Waals surface area contributed by atoms with E-state index in [-0.39, 0.29) is 24.2 Å². The largest absolute Gasteiger partial charge is 0.490 e. The van der Waals surface area contributed by atoms with Crippen molar-refractivity contribution in [3.63, 3.8) is 0 Å². The predicted octanol–water partition coefficient (Wildman–Crippen LogP) is 3.57. The lowest BCUT2D eigenvalue weighted by molar-refractivity contribution is 0.0593. The van der Waals surface area contributed by atoms with E-state index in [0.29, 0.717) is 28.0 Å². The van der Waals surface area contributed by atoms with Gasteiger partial charge in [-0.25, -0.2) is 9.97 Å². The minimum absolute atomic E-state index is 0.0907. The zero-order valence-electron chi connectivity index (χ0n) is 17.4. The Bertz CT molecular complexity index is 1090. The Morgan fingerprint density at radius 2 is 2.00 bits per heavy atom. The monoisotopic (exact) mass is 474 g/mol. The molecule has 0 saturated carbocycles. The van der Waals surface area contributed by atoms with E-state index < -0.39 is 6.10 Å². The molecule has 0 aliphatic carbocycles. The number of fused-ring (bicyclic) bond motifs is 1. The van der Waals surface area contributed by atoms with E-state index >= 15 is 0 Å². The van der Waals surface area contributed by atoms with Crippen molar-refractivity contribution in [3.8, 4) is 5.75 Å². The van der Waals surface area contributed by atoms with Crippen molar-refractivity contribution in [1.82, 2.24) is 20.2 Å². The van der Waals surface area contributed by atoms with Gasteiger partial charge in [0, 0.05) is 43.8 Å². The van der Waals surface area contributed by atoms with E-state index in [9.17, 15) is 9.90 Å². The molecule has 4 rings (SSSR count). The molecule has 1 atom stereocenters. The second-order valence-corrected chi connectivity index (χ2v) is 8.62. The third-order valence-electron chi connectivity index (χ3n) is 5.39. The number of amides is 1. The van der Waals surface area contributed by atoms with Crippen LogP contribution in [0, 0.1) is 0 Å². The van der Waals surface area contributed by atoms with Crippen LogP contribution in [0.5, 0.6) is 5.75 Å². The molecule has 32 heavy (non-hydrogen) atoms. The highest BCUT2D eigenvalue weighted by Gasteiger charge is 2.23. The number of nitrogens with zero attached hydrogens (tertiary/aromatic N) is 3. The number of carbonyl (C=O) groups excluding carboxylic acids is 1. The van der Waals surface area contributed by atoms with E-state index in [0.717, 1.165) is 31.3 Å². The van der Waals surface area contributed by atoms with Crippen LogP contribution >= 0.6 is 23.2 Å². The fourth-order valence-corrected chi connectivity index (χ4v) is 3.98. The van der Waals surface area contributed by atoms with Gasteiger partial charge in [0.25, 0.3) is 5.91 Å². The fraction of sp³-hybridized carbons (Fsp3) is 0.348. The number of aromatic nitrogens is 2. The Morgan fingerprint density at radius 3 is 2.78 bits per heavy atom. The van der Waals surface area contributed by atoms with Gasteiger partial charge in [-0.1, -0.05) is 23.2 Å². The maximum atomic E-state index is 12.4. The van der Waals surface area contributed by atoms with Crippen molar-refractivity contribution in [2.24, 2.45) is 0 Å². The molecule has 168 valence electrons. The van der Waals surface area contributed by atoms with Crippen LogP contribution in [0.15, 0.2) is 48.7 Å². The molecule has 2 aromatic heterocycles. The van der Waals surface area contributed by atoms with Gasteiger partial charge in [0.2, 0.25) is 0 Å². The van der Waals surface area contributed by atoms with Crippen LogP contribution in [0.1, 0.15) is 23.3 Å². The molecule has 1 aliphatic heterocycles. The second-order valence-electron chi connectivity index (χ2n) is 7.80.